The molecule has 0 bridgehead atoms. The molecule has 1 heterocycles. The van der Waals surface area contributed by atoms with E-state index in [1.165, 1.54) is 21.0 Å². The Bertz CT molecular complexity index is 2250. The van der Waals surface area contributed by atoms with Gasteiger partial charge in [0.1, 0.15) is 17.1 Å². The molecule has 1 N–H and O–H groups in total. The zero-order chi connectivity index (χ0) is 47.2. The number of methoxy groups -OCH3 is 1. The molecule has 3 aromatic rings. The molecule has 0 aromatic heterocycles. The highest BCUT2D eigenvalue weighted by Gasteiger charge is 2.50. The van der Waals surface area contributed by atoms with Crippen LogP contribution in [0.5, 0.6) is 5.75 Å². The molecule has 0 unspecified atom stereocenters. The number of Topliss-reactive ketones (excluding diaryl/α,β-unsaturated/α-hetero) is 3. The van der Waals surface area contributed by atoms with Crippen molar-refractivity contribution in [3.05, 3.63) is 100 Å². The molecule has 348 valence electrons. The van der Waals surface area contributed by atoms with E-state index in [1.54, 1.807) is 93.6 Å². The normalized spacial score (nSPS) is 18.6. The lowest BCUT2D eigenvalue weighted by molar-refractivity contribution is -0.177. The van der Waals surface area contributed by atoms with E-state index in [2.05, 4.69) is 5.32 Å². The van der Waals surface area contributed by atoms with Gasteiger partial charge in [-0.15, -0.1) is 0 Å². The van der Waals surface area contributed by atoms with Gasteiger partial charge >= 0.3 is 12.3 Å². The second kappa shape index (κ2) is 20.6. The molecular weight excluding hydrogens is 873 g/mol. The number of carbonyl (C=O) groups excluding carboxylic acids is 5. The molecule has 1 saturated heterocycles. The number of sulfone groups is 1. The third-order valence-corrected chi connectivity index (χ3v) is 14.6. The number of hydrogen-bond acceptors (Lipinski definition) is 9. The van der Waals surface area contributed by atoms with Crippen LogP contribution in [0.2, 0.25) is 5.02 Å². The highest BCUT2D eigenvalue weighted by atomic mass is 35.5. The highest BCUT2D eigenvalue weighted by Crippen LogP contribution is 2.44. The first-order valence-corrected chi connectivity index (χ1v) is 23.6. The number of ketones is 3. The van der Waals surface area contributed by atoms with E-state index < -0.39 is 105 Å². The van der Waals surface area contributed by atoms with Gasteiger partial charge in [0.05, 0.1) is 29.6 Å². The van der Waals surface area contributed by atoms with Crippen LogP contribution >= 0.6 is 11.6 Å². The van der Waals surface area contributed by atoms with Crippen molar-refractivity contribution in [3.63, 3.8) is 0 Å². The molecule has 2 fully saturated rings. The molecule has 4 atom stereocenters. The number of likely N-dealkylation sites (tertiary alicyclic amines) is 1. The topological polar surface area (TPSA) is 153 Å². The number of nitrogens with one attached hydrogen (secondary N) is 1. The monoisotopic (exact) mass is 930 g/mol. The van der Waals surface area contributed by atoms with E-state index in [1.807, 2.05) is 0 Å². The van der Waals surface area contributed by atoms with Crippen LogP contribution in [-0.2, 0) is 57.9 Å². The zero-order valence-electron chi connectivity index (χ0n) is 37.1. The van der Waals surface area contributed by atoms with Crippen molar-refractivity contribution in [3.8, 4) is 5.75 Å². The van der Waals surface area contributed by atoms with Gasteiger partial charge in [-0.3, -0.25) is 19.2 Å². The molecule has 2 amide bonds. The summed E-state index contributed by atoms with van der Waals surface area (Å²) < 4.78 is 80.1. The van der Waals surface area contributed by atoms with E-state index in [9.17, 15) is 40.8 Å². The average molecular weight is 932 g/mol. The number of carbonyl (C=O) groups is 5. The predicted molar refractivity (Wildman–Crippen MR) is 236 cm³/mol. The minimum absolute atomic E-state index is 0.0110. The Morgan fingerprint density at radius 1 is 0.859 bits per heavy atom. The fourth-order valence-electron chi connectivity index (χ4n) is 8.82. The Kier molecular flexibility index (Phi) is 16.2. The summed E-state index contributed by atoms with van der Waals surface area (Å²) >= 11 is 6.22. The van der Waals surface area contributed by atoms with Gasteiger partial charge in [-0.25, -0.2) is 13.2 Å². The summed E-state index contributed by atoms with van der Waals surface area (Å²) in [7, 11) is -2.63. The van der Waals surface area contributed by atoms with Crippen LogP contribution in [0.25, 0.3) is 0 Å². The molecule has 11 nitrogen and oxygen atoms in total. The van der Waals surface area contributed by atoms with E-state index in [0.29, 0.717) is 40.3 Å². The number of nitrogens with zero attached hydrogens (tertiary/aromatic N) is 1. The van der Waals surface area contributed by atoms with Crippen LogP contribution < -0.4 is 10.1 Å². The van der Waals surface area contributed by atoms with Crippen molar-refractivity contribution in [2.75, 3.05) is 13.7 Å². The first-order valence-electron chi connectivity index (χ1n) is 21.5. The van der Waals surface area contributed by atoms with E-state index in [-0.39, 0.29) is 25.2 Å². The van der Waals surface area contributed by atoms with Crippen molar-refractivity contribution >= 4 is 50.8 Å². The third kappa shape index (κ3) is 12.7. The second-order valence-corrected chi connectivity index (χ2v) is 21.1. The van der Waals surface area contributed by atoms with Crippen molar-refractivity contribution < 1.29 is 55.0 Å². The summed E-state index contributed by atoms with van der Waals surface area (Å²) in [6, 6.07) is 18.8. The molecule has 0 radical (unpaired) electrons. The SMILES string of the molecule is COc1ccc(CS(=O)(=O)[C@@H]2C[C@@H](C(=O)C[C@H](C(=O)C(F)(F)F)C(C)C)N(C(=O)[C@@H](CC(=O)C3(c4ccc(Cl)cc4)CCCC3)Cc3ccc(CNC(=O)OC(C)(C)C)cc3)C2)cc1. The van der Waals surface area contributed by atoms with E-state index in [4.69, 9.17) is 21.1 Å². The van der Waals surface area contributed by atoms with Gasteiger partial charge in [-0.2, -0.15) is 13.2 Å². The molecule has 2 aliphatic rings. The largest absolute Gasteiger partial charge is 0.497 e. The Labute approximate surface area is 378 Å². The maximum atomic E-state index is 15.2. The molecule has 16 heteroatoms. The van der Waals surface area contributed by atoms with Gasteiger partial charge in [0.15, 0.2) is 15.6 Å². The van der Waals surface area contributed by atoms with Gasteiger partial charge in [0, 0.05) is 42.8 Å². The zero-order valence-corrected chi connectivity index (χ0v) is 38.7. The number of alkyl halides is 3. The minimum Gasteiger partial charge on any atom is -0.497 e. The number of benzene rings is 3. The van der Waals surface area contributed by atoms with Crippen LogP contribution in [0.15, 0.2) is 72.8 Å². The Morgan fingerprint density at radius 2 is 1.44 bits per heavy atom. The third-order valence-electron chi connectivity index (χ3n) is 12.3. The van der Waals surface area contributed by atoms with Crippen molar-refractivity contribution in [2.45, 2.75) is 127 Å². The molecule has 5 rings (SSSR count). The molecule has 3 aromatic carbocycles. The highest BCUT2D eigenvalue weighted by molar-refractivity contribution is 7.91. The summed E-state index contributed by atoms with van der Waals surface area (Å²) in [5.41, 5.74) is 0.868. The Balaban J connectivity index is 1.51. The fourth-order valence-corrected chi connectivity index (χ4v) is 10.7. The fraction of sp³-hybridized carbons (Fsp3) is 0.521. The van der Waals surface area contributed by atoms with Crippen molar-refractivity contribution in [1.82, 2.24) is 10.2 Å². The molecule has 1 aliphatic carbocycles. The summed E-state index contributed by atoms with van der Waals surface area (Å²) in [4.78, 5) is 70.2. The van der Waals surface area contributed by atoms with Crippen LogP contribution in [-0.4, -0.2) is 79.4 Å². The Hall–Kier alpha value is -4.76. The summed E-state index contributed by atoms with van der Waals surface area (Å²) in [6.45, 7) is 7.70. The Morgan fingerprint density at radius 3 is 1.98 bits per heavy atom. The predicted octanol–water partition coefficient (Wildman–Crippen LogP) is 8.95. The van der Waals surface area contributed by atoms with Crippen LogP contribution in [0.4, 0.5) is 18.0 Å². The van der Waals surface area contributed by atoms with Gasteiger partial charge in [-0.05, 0) is 98.9 Å². The number of ether oxygens (including phenoxy) is 2. The van der Waals surface area contributed by atoms with Crippen LogP contribution in [0.3, 0.4) is 0 Å². The van der Waals surface area contributed by atoms with E-state index >= 15 is 4.79 Å². The van der Waals surface area contributed by atoms with Gasteiger partial charge in [0.25, 0.3) is 0 Å². The maximum absolute atomic E-state index is 15.2. The quantitative estimate of drug-likeness (QED) is 0.132. The molecular formula is C48H58ClF3N2O9S. The number of rotatable bonds is 18. The first kappa shape index (κ1) is 50.2. The number of halogens is 4. The lowest BCUT2D eigenvalue weighted by Crippen LogP contribution is -2.47. The summed E-state index contributed by atoms with van der Waals surface area (Å²) in [5.74, 6) is -7.60. The first-order chi connectivity index (χ1) is 29.9. The number of alkyl carbamates (subject to hydrolysis) is 1. The number of hydrogen-bond donors (Lipinski definition) is 1. The van der Waals surface area contributed by atoms with E-state index in [0.717, 1.165) is 23.3 Å². The minimum atomic E-state index is -5.22. The summed E-state index contributed by atoms with van der Waals surface area (Å²) in [5, 5.41) is 1.89. The van der Waals surface area contributed by atoms with Gasteiger partial charge in [-0.1, -0.05) is 86.8 Å². The molecule has 1 saturated carbocycles. The standard InChI is InChI=1S/C48H58ClF3N2O9S/c1-30(2)39(43(57)48(50,51)52)26-41(55)40-25-38(64(60,61)29-33-13-19-37(62-6)20-14-33)28-54(40)44(58)34(23-31-9-11-32(12-10-31)27-53-45(59)63-46(3,4)5)24-42(56)47(21-7-8-22-47)35-15-17-36(49)18-16-35/h9-20,30,34,38-40H,7-8,21-29H2,1-6H3,(H,53,59)/t34-,38-,39+,40+/m1/s1. The lowest BCUT2D eigenvalue weighted by Gasteiger charge is -2.33. The van der Waals surface area contributed by atoms with Gasteiger partial charge < -0.3 is 19.7 Å². The molecule has 1 aliphatic heterocycles. The van der Waals surface area contributed by atoms with Crippen molar-refractivity contribution in [2.24, 2.45) is 17.8 Å². The van der Waals surface area contributed by atoms with Crippen molar-refractivity contribution in [1.29, 1.82) is 0 Å². The smallest absolute Gasteiger partial charge is 0.450 e. The maximum Gasteiger partial charge on any atom is 0.450 e. The lowest BCUT2D eigenvalue weighted by atomic mass is 9.72. The molecule has 64 heavy (non-hydrogen) atoms. The van der Waals surface area contributed by atoms with Crippen LogP contribution in [0.1, 0.15) is 102 Å². The number of amides is 2. The summed E-state index contributed by atoms with van der Waals surface area (Å²) in [6.07, 6.45) is -4.83. The van der Waals surface area contributed by atoms with Crippen LogP contribution in [0, 0.1) is 17.8 Å². The molecule has 0 spiro atoms. The average Bonchev–Trinajstić information content (AvgIpc) is 3.91. The van der Waals surface area contributed by atoms with Gasteiger partial charge in [0.2, 0.25) is 11.7 Å². The second-order valence-electron chi connectivity index (χ2n) is 18.4.